The molecule has 0 saturated heterocycles. The standard InChI is InChI=1S/C20H21F2NO3/c1-12(2)11-14-7-9-15(10-8-14)20(25)26-13(3)19(24)23-18-16(21)5-4-6-17(18)22/h4-10,12-13H,11H2,1-3H3,(H,23,24)/t13-/m0/s1. The SMILES string of the molecule is CC(C)Cc1ccc(C(=O)O[C@@H](C)C(=O)Nc2c(F)cccc2F)cc1. The molecule has 2 aromatic carbocycles. The summed E-state index contributed by atoms with van der Waals surface area (Å²) < 4.78 is 32.2. The summed E-state index contributed by atoms with van der Waals surface area (Å²) >= 11 is 0. The number of benzene rings is 2. The van der Waals surface area contributed by atoms with Crippen molar-refractivity contribution in [3.63, 3.8) is 0 Å². The normalized spacial score (nSPS) is 11.9. The molecular formula is C20H21F2NO3. The Balaban J connectivity index is 1.98. The van der Waals surface area contributed by atoms with E-state index in [0.717, 1.165) is 24.1 Å². The number of rotatable bonds is 6. The highest BCUT2D eigenvalue weighted by atomic mass is 19.1. The van der Waals surface area contributed by atoms with Crippen LogP contribution in [0, 0.1) is 17.6 Å². The lowest BCUT2D eigenvalue weighted by Crippen LogP contribution is -2.30. The first kappa shape index (κ1) is 19.6. The number of ether oxygens (including phenoxy) is 1. The predicted octanol–water partition coefficient (Wildman–Crippen LogP) is 4.35. The van der Waals surface area contributed by atoms with Gasteiger partial charge >= 0.3 is 5.97 Å². The molecule has 1 atom stereocenters. The van der Waals surface area contributed by atoms with Crippen molar-refractivity contribution in [1.29, 1.82) is 0 Å². The van der Waals surface area contributed by atoms with Crippen molar-refractivity contribution < 1.29 is 23.1 Å². The van der Waals surface area contributed by atoms with E-state index in [1.807, 2.05) is 12.1 Å². The van der Waals surface area contributed by atoms with Crippen molar-refractivity contribution in [2.75, 3.05) is 5.32 Å². The first-order valence-corrected chi connectivity index (χ1v) is 8.32. The van der Waals surface area contributed by atoms with Gasteiger partial charge < -0.3 is 10.1 Å². The number of nitrogens with one attached hydrogen (secondary N) is 1. The van der Waals surface area contributed by atoms with E-state index in [9.17, 15) is 18.4 Å². The molecule has 0 aliphatic carbocycles. The molecule has 4 nitrogen and oxygen atoms in total. The molecule has 0 aliphatic heterocycles. The summed E-state index contributed by atoms with van der Waals surface area (Å²) in [5.74, 6) is -2.82. The Kier molecular flexibility index (Phi) is 6.44. The first-order chi connectivity index (χ1) is 12.3. The minimum absolute atomic E-state index is 0.300. The smallest absolute Gasteiger partial charge is 0.338 e. The molecule has 2 aromatic rings. The third-order valence-electron chi connectivity index (χ3n) is 3.70. The van der Waals surface area contributed by atoms with Crippen molar-refractivity contribution in [3.05, 3.63) is 65.2 Å². The second-order valence-corrected chi connectivity index (χ2v) is 6.43. The molecule has 0 radical (unpaired) electrons. The van der Waals surface area contributed by atoms with Crippen molar-refractivity contribution in [3.8, 4) is 0 Å². The predicted molar refractivity (Wildman–Crippen MR) is 94.8 cm³/mol. The highest BCUT2D eigenvalue weighted by Crippen LogP contribution is 2.18. The van der Waals surface area contributed by atoms with Gasteiger partial charge in [0.15, 0.2) is 6.10 Å². The molecule has 0 spiro atoms. The number of carbonyl (C=O) groups is 2. The number of anilines is 1. The van der Waals surface area contributed by atoms with Gasteiger partial charge in [0.05, 0.1) is 5.56 Å². The summed E-state index contributed by atoms with van der Waals surface area (Å²) in [4.78, 5) is 24.2. The third-order valence-corrected chi connectivity index (χ3v) is 3.70. The fourth-order valence-corrected chi connectivity index (χ4v) is 2.37. The second-order valence-electron chi connectivity index (χ2n) is 6.43. The lowest BCUT2D eigenvalue weighted by Gasteiger charge is -2.14. The Hall–Kier alpha value is -2.76. The van der Waals surface area contributed by atoms with Crippen molar-refractivity contribution in [2.24, 2.45) is 5.92 Å². The van der Waals surface area contributed by atoms with E-state index in [4.69, 9.17) is 4.74 Å². The number of hydrogen-bond donors (Lipinski definition) is 1. The molecule has 1 N–H and O–H groups in total. The van der Waals surface area contributed by atoms with Gasteiger partial charge in [-0.05, 0) is 49.1 Å². The van der Waals surface area contributed by atoms with Crippen LogP contribution in [0.15, 0.2) is 42.5 Å². The molecule has 0 aliphatic rings. The fourth-order valence-electron chi connectivity index (χ4n) is 2.37. The summed E-state index contributed by atoms with van der Waals surface area (Å²) in [6.07, 6.45) is -0.320. The molecule has 0 fully saturated rings. The molecule has 0 heterocycles. The van der Waals surface area contributed by atoms with Gasteiger partial charge in [0, 0.05) is 0 Å². The zero-order valence-corrected chi connectivity index (χ0v) is 14.9. The van der Waals surface area contributed by atoms with Crippen LogP contribution in [0.1, 0.15) is 36.7 Å². The number of esters is 1. The summed E-state index contributed by atoms with van der Waals surface area (Å²) in [7, 11) is 0. The molecule has 2 rings (SSSR count). The molecule has 1 amide bonds. The van der Waals surface area contributed by atoms with Crippen molar-refractivity contribution in [1.82, 2.24) is 0 Å². The average Bonchev–Trinajstić information content (AvgIpc) is 2.58. The maximum Gasteiger partial charge on any atom is 0.338 e. The van der Waals surface area contributed by atoms with E-state index in [1.54, 1.807) is 12.1 Å². The molecule has 6 heteroatoms. The highest BCUT2D eigenvalue weighted by molar-refractivity contribution is 5.97. The van der Waals surface area contributed by atoms with E-state index in [0.29, 0.717) is 11.5 Å². The third kappa shape index (κ3) is 5.12. The van der Waals surface area contributed by atoms with Crippen LogP contribution in [-0.4, -0.2) is 18.0 Å². The minimum atomic E-state index is -1.21. The topological polar surface area (TPSA) is 55.4 Å². The first-order valence-electron chi connectivity index (χ1n) is 8.32. The van der Waals surface area contributed by atoms with E-state index < -0.39 is 35.3 Å². The summed E-state index contributed by atoms with van der Waals surface area (Å²) in [6.45, 7) is 5.53. The number of halogens is 2. The molecule has 138 valence electrons. The van der Waals surface area contributed by atoms with Gasteiger partial charge in [0.2, 0.25) is 0 Å². The Morgan fingerprint density at radius 1 is 1.00 bits per heavy atom. The van der Waals surface area contributed by atoms with Crippen molar-refractivity contribution in [2.45, 2.75) is 33.3 Å². The van der Waals surface area contributed by atoms with Crippen LogP contribution in [0.4, 0.5) is 14.5 Å². The summed E-state index contributed by atoms with van der Waals surface area (Å²) in [5, 5.41) is 2.10. The van der Waals surface area contributed by atoms with E-state index in [2.05, 4.69) is 19.2 Å². The molecule has 26 heavy (non-hydrogen) atoms. The zero-order valence-electron chi connectivity index (χ0n) is 14.9. The highest BCUT2D eigenvalue weighted by Gasteiger charge is 2.21. The fraction of sp³-hybridized carbons (Fsp3) is 0.300. The maximum absolute atomic E-state index is 13.6. The lowest BCUT2D eigenvalue weighted by atomic mass is 10.0. The molecule has 0 aromatic heterocycles. The summed E-state index contributed by atoms with van der Waals surface area (Å²) in [6, 6.07) is 10.1. The van der Waals surface area contributed by atoms with Gasteiger partial charge in [-0.1, -0.05) is 32.0 Å². The molecule has 0 saturated carbocycles. The lowest BCUT2D eigenvalue weighted by molar-refractivity contribution is -0.123. The molecule has 0 unspecified atom stereocenters. The monoisotopic (exact) mass is 361 g/mol. The quantitative estimate of drug-likeness (QED) is 0.779. The number of hydrogen-bond acceptors (Lipinski definition) is 3. The van der Waals surface area contributed by atoms with E-state index in [-0.39, 0.29) is 0 Å². The minimum Gasteiger partial charge on any atom is -0.449 e. The Bertz CT molecular complexity index is 768. The number of para-hydroxylation sites is 1. The van der Waals surface area contributed by atoms with Gasteiger partial charge in [-0.25, -0.2) is 13.6 Å². The maximum atomic E-state index is 13.6. The van der Waals surface area contributed by atoms with Crippen LogP contribution in [0.25, 0.3) is 0 Å². The van der Waals surface area contributed by atoms with Crippen LogP contribution in [0.3, 0.4) is 0 Å². The summed E-state index contributed by atoms with van der Waals surface area (Å²) in [5.41, 5.74) is 0.824. The Labute approximate surface area is 151 Å². The van der Waals surface area contributed by atoms with Gasteiger partial charge in [-0.2, -0.15) is 0 Å². The van der Waals surface area contributed by atoms with Crippen LogP contribution < -0.4 is 5.32 Å². The second kappa shape index (κ2) is 8.56. The van der Waals surface area contributed by atoms with Crippen LogP contribution >= 0.6 is 0 Å². The van der Waals surface area contributed by atoms with Crippen LogP contribution in [-0.2, 0) is 16.0 Å². The van der Waals surface area contributed by atoms with E-state index in [1.165, 1.54) is 13.0 Å². The van der Waals surface area contributed by atoms with Gasteiger partial charge in [0.1, 0.15) is 17.3 Å². The Morgan fingerprint density at radius 3 is 2.12 bits per heavy atom. The molecular weight excluding hydrogens is 340 g/mol. The average molecular weight is 361 g/mol. The van der Waals surface area contributed by atoms with Gasteiger partial charge in [-0.15, -0.1) is 0 Å². The number of carbonyl (C=O) groups excluding carboxylic acids is 2. The molecule has 0 bridgehead atoms. The largest absolute Gasteiger partial charge is 0.449 e. The Morgan fingerprint density at radius 2 is 1.58 bits per heavy atom. The van der Waals surface area contributed by atoms with E-state index >= 15 is 0 Å². The zero-order chi connectivity index (χ0) is 19.3. The van der Waals surface area contributed by atoms with Gasteiger partial charge in [-0.3, -0.25) is 4.79 Å². The van der Waals surface area contributed by atoms with Gasteiger partial charge in [0.25, 0.3) is 5.91 Å². The van der Waals surface area contributed by atoms with Crippen LogP contribution in [0.2, 0.25) is 0 Å². The van der Waals surface area contributed by atoms with Crippen LogP contribution in [0.5, 0.6) is 0 Å². The number of amides is 1. The van der Waals surface area contributed by atoms with Crippen molar-refractivity contribution >= 4 is 17.6 Å².